The minimum absolute atomic E-state index is 0.0642. The number of rotatable bonds is 5. The zero-order chi connectivity index (χ0) is 12.9. The van der Waals surface area contributed by atoms with Crippen LogP contribution in [0.15, 0.2) is 0 Å². The van der Waals surface area contributed by atoms with E-state index in [0.29, 0.717) is 12.3 Å². The van der Waals surface area contributed by atoms with Crippen LogP contribution in [0.1, 0.15) is 47.5 Å². The number of nitrogens with zero attached hydrogens (tertiary/aromatic N) is 2. The molecule has 0 fully saturated rings. The fourth-order valence-corrected chi connectivity index (χ4v) is 1.71. The summed E-state index contributed by atoms with van der Waals surface area (Å²) < 4.78 is 0. The second-order valence-corrected chi connectivity index (χ2v) is 5.19. The molecule has 3 nitrogen and oxygen atoms in total. The van der Waals surface area contributed by atoms with E-state index in [9.17, 15) is 4.79 Å². The Kier molecular flexibility index (Phi) is 5.50. The van der Waals surface area contributed by atoms with Crippen molar-refractivity contribution in [3.63, 3.8) is 0 Å². The quantitative estimate of drug-likeness (QED) is 0.720. The van der Waals surface area contributed by atoms with Crippen molar-refractivity contribution >= 4 is 5.91 Å². The van der Waals surface area contributed by atoms with Gasteiger partial charge in [-0.05, 0) is 32.6 Å². The molecule has 0 aliphatic rings. The molecule has 1 amide bonds. The molecule has 16 heavy (non-hydrogen) atoms. The van der Waals surface area contributed by atoms with Crippen LogP contribution in [0.4, 0.5) is 0 Å². The molecule has 0 aromatic rings. The van der Waals surface area contributed by atoms with Crippen LogP contribution in [0.2, 0.25) is 0 Å². The summed E-state index contributed by atoms with van der Waals surface area (Å²) in [5.41, 5.74) is -0.875. The molecule has 0 N–H and O–H groups in total. The molecule has 0 aromatic heterocycles. The van der Waals surface area contributed by atoms with E-state index in [1.54, 1.807) is 18.9 Å². The minimum Gasteiger partial charge on any atom is -0.342 e. The number of carbonyl (C=O) groups is 1. The Hall–Kier alpha value is -1.04. The molecule has 0 aliphatic carbocycles. The van der Waals surface area contributed by atoms with Crippen LogP contribution in [0.25, 0.3) is 0 Å². The summed E-state index contributed by atoms with van der Waals surface area (Å²) >= 11 is 0. The summed E-state index contributed by atoms with van der Waals surface area (Å²) in [6.07, 6.45) is 1.52. The lowest BCUT2D eigenvalue weighted by Gasteiger charge is -2.31. The van der Waals surface area contributed by atoms with E-state index in [4.69, 9.17) is 5.26 Å². The van der Waals surface area contributed by atoms with Crippen LogP contribution in [-0.4, -0.2) is 23.9 Å². The number of hydrogen-bond acceptors (Lipinski definition) is 2. The molecule has 0 bridgehead atoms. The molecule has 92 valence electrons. The third kappa shape index (κ3) is 3.52. The number of nitriles is 1. The maximum atomic E-state index is 12.2. The van der Waals surface area contributed by atoms with Crippen LogP contribution < -0.4 is 0 Å². The van der Waals surface area contributed by atoms with Gasteiger partial charge >= 0.3 is 0 Å². The standard InChI is InChI=1S/C13H24N2O/c1-7-13(5,9-14)12(16)15(6)11(4)8-10(2)3/h10-11H,7-8H2,1-6H3. The van der Waals surface area contributed by atoms with Crippen LogP contribution in [0.3, 0.4) is 0 Å². The average molecular weight is 224 g/mol. The SMILES string of the molecule is CCC(C)(C#N)C(=O)N(C)C(C)CC(C)C. The molecule has 0 saturated carbocycles. The molecule has 2 unspecified atom stereocenters. The van der Waals surface area contributed by atoms with Gasteiger partial charge in [0, 0.05) is 13.1 Å². The van der Waals surface area contributed by atoms with Gasteiger partial charge in [0.25, 0.3) is 0 Å². The summed E-state index contributed by atoms with van der Waals surface area (Å²) in [5.74, 6) is 0.492. The van der Waals surface area contributed by atoms with Crippen LogP contribution >= 0.6 is 0 Å². The maximum absolute atomic E-state index is 12.2. The Bertz CT molecular complexity index is 280. The monoisotopic (exact) mass is 224 g/mol. The molecule has 3 heteroatoms. The molecule has 0 spiro atoms. The van der Waals surface area contributed by atoms with E-state index in [1.807, 2.05) is 13.8 Å². The largest absolute Gasteiger partial charge is 0.342 e. The highest BCUT2D eigenvalue weighted by molar-refractivity contribution is 5.85. The number of hydrogen-bond donors (Lipinski definition) is 0. The summed E-state index contributed by atoms with van der Waals surface area (Å²) in [7, 11) is 1.79. The first-order chi connectivity index (χ1) is 7.28. The lowest BCUT2D eigenvalue weighted by atomic mass is 9.87. The van der Waals surface area contributed by atoms with E-state index in [2.05, 4.69) is 19.9 Å². The van der Waals surface area contributed by atoms with Crippen LogP contribution in [0.5, 0.6) is 0 Å². The second-order valence-electron chi connectivity index (χ2n) is 5.19. The Morgan fingerprint density at radius 3 is 2.25 bits per heavy atom. The Labute approximate surface area is 99.4 Å². The van der Waals surface area contributed by atoms with Gasteiger partial charge in [0.1, 0.15) is 5.41 Å². The first-order valence-electron chi connectivity index (χ1n) is 5.97. The molecular formula is C13H24N2O. The van der Waals surface area contributed by atoms with Crippen molar-refractivity contribution in [2.45, 2.75) is 53.5 Å². The van der Waals surface area contributed by atoms with Crippen molar-refractivity contribution in [3.8, 4) is 6.07 Å². The van der Waals surface area contributed by atoms with E-state index >= 15 is 0 Å². The summed E-state index contributed by atoms with van der Waals surface area (Å²) in [6, 6.07) is 2.31. The number of carbonyl (C=O) groups excluding carboxylic acids is 1. The molecular weight excluding hydrogens is 200 g/mol. The van der Waals surface area contributed by atoms with Gasteiger partial charge < -0.3 is 4.90 Å². The first kappa shape index (κ1) is 15.0. The van der Waals surface area contributed by atoms with Gasteiger partial charge in [-0.3, -0.25) is 4.79 Å². The number of amides is 1. The van der Waals surface area contributed by atoms with Gasteiger partial charge in [0.05, 0.1) is 6.07 Å². The predicted molar refractivity (Wildman–Crippen MR) is 65.7 cm³/mol. The average Bonchev–Trinajstić information content (AvgIpc) is 2.24. The van der Waals surface area contributed by atoms with E-state index in [-0.39, 0.29) is 11.9 Å². The topological polar surface area (TPSA) is 44.1 Å². The normalized spacial score (nSPS) is 16.4. The summed E-state index contributed by atoms with van der Waals surface area (Å²) in [4.78, 5) is 13.9. The minimum atomic E-state index is -0.875. The van der Waals surface area contributed by atoms with Gasteiger partial charge in [0.2, 0.25) is 5.91 Å². The molecule has 0 rings (SSSR count). The third-order valence-corrected chi connectivity index (χ3v) is 3.22. The van der Waals surface area contributed by atoms with Gasteiger partial charge in [0.15, 0.2) is 0 Å². The Morgan fingerprint density at radius 2 is 1.94 bits per heavy atom. The van der Waals surface area contributed by atoms with Crippen molar-refractivity contribution < 1.29 is 4.79 Å². The van der Waals surface area contributed by atoms with Crippen LogP contribution in [-0.2, 0) is 4.79 Å². The van der Waals surface area contributed by atoms with E-state index in [0.717, 1.165) is 6.42 Å². The first-order valence-corrected chi connectivity index (χ1v) is 5.97. The van der Waals surface area contributed by atoms with E-state index in [1.165, 1.54) is 0 Å². The van der Waals surface area contributed by atoms with Gasteiger partial charge in [-0.25, -0.2) is 0 Å². The third-order valence-electron chi connectivity index (χ3n) is 3.22. The van der Waals surface area contributed by atoms with Crippen molar-refractivity contribution in [1.82, 2.24) is 4.90 Å². The summed E-state index contributed by atoms with van der Waals surface area (Å²) in [6.45, 7) is 9.90. The fraction of sp³-hybridized carbons (Fsp3) is 0.846. The predicted octanol–water partition coefficient (Wildman–Crippen LogP) is 2.82. The van der Waals surface area contributed by atoms with Gasteiger partial charge in [-0.1, -0.05) is 20.8 Å². The lowest BCUT2D eigenvalue weighted by Crippen LogP contribution is -2.44. The molecule has 0 radical (unpaired) electrons. The Balaban J connectivity index is 4.68. The lowest BCUT2D eigenvalue weighted by molar-refractivity contribution is -0.139. The molecule has 0 aromatic carbocycles. The van der Waals surface area contributed by atoms with Crippen molar-refractivity contribution in [2.75, 3.05) is 7.05 Å². The van der Waals surface area contributed by atoms with Crippen LogP contribution in [0, 0.1) is 22.7 Å². The smallest absolute Gasteiger partial charge is 0.242 e. The highest BCUT2D eigenvalue weighted by Crippen LogP contribution is 2.24. The van der Waals surface area contributed by atoms with Gasteiger partial charge in [-0.2, -0.15) is 5.26 Å². The highest BCUT2D eigenvalue weighted by atomic mass is 16.2. The van der Waals surface area contributed by atoms with Crippen molar-refractivity contribution in [2.24, 2.45) is 11.3 Å². The summed E-state index contributed by atoms with van der Waals surface area (Å²) in [5, 5.41) is 9.07. The maximum Gasteiger partial charge on any atom is 0.242 e. The Morgan fingerprint density at radius 1 is 1.44 bits per heavy atom. The zero-order valence-corrected chi connectivity index (χ0v) is 11.4. The van der Waals surface area contributed by atoms with Crippen molar-refractivity contribution in [3.05, 3.63) is 0 Å². The zero-order valence-electron chi connectivity index (χ0n) is 11.4. The highest BCUT2D eigenvalue weighted by Gasteiger charge is 2.35. The fourth-order valence-electron chi connectivity index (χ4n) is 1.71. The second kappa shape index (κ2) is 5.89. The molecule has 2 atom stereocenters. The van der Waals surface area contributed by atoms with Gasteiger partial charge in [-0.15, -0.1) is 0 Å². The molecule has 0 saturated heterocycles. The van der Waals surface area contributed by atoms with Crippen molar-refractivity contribution in [1.29, 1.82) is 5.26 Å². The van der Waals surface area contributed by atoms with E-state index < -0.39 is 5.41 Å². The molecule has 0 aliphatic heterocycles. The molecule has 0 heterocycles.